The van der Waals surface area contributed by atoms with Crippen LogP contribution in [-0.4, -0.2) is 81.6 Å². The molecule has 7 unspecified atom stereocenters. The fourth-order valence-electron chi connectivity index (χ4n) is 5.24. The Hall–Kier alpha value is -1.18. The number of aromatic hydroxyl groups is 2. The number of hydrogen-bond donors (Lipinski definition) is 3. The summed E-state index contributed by atoms with van der Waals surface area (Å²) in [6, 6.07) is 5.45. The molecule has 3 N–H and O–H groups in total. The van der Waals surface area contributed by atoms with Gasteiger partial charge in [-0.2, -0.15) is 0 Å². The number of carbonyl (C=O) groups excluding carboxylic acids is 3. The van der Waals surface area contributed by atoms with Gasteiger partial charge in [-0.1, -0.05) is 61.0 Å². The third-order valence-corrected chi connectivity index (χ3v) is 12.4. The quantitative estimate of drug-likeness (QED) is 0.0738. The zero-order chi connectivity index (χ0) is 34.2. The number of hydrogen-bond acceptors (Lipinski definition) is 10. The summed E-state index contributed by atoms with van der Waals surface area (Å²) in [5.74, 6) is -1.76. The monoisotopic (exact) mass is 880 g/mol. The lowest BCUT2D eigenvalue weighted by atomic mass is 9.93. The Morgan fingerprint density at radius 3 is 1.87 bits per heavy atom. The summed E-state index contributed by atoms with van der Waals surface area (Å²) in [7, 11) is 16.4. The average molecular weight is 880 g/mol. The summed E-state index contributed by atoms with van der Waals surface area (Å²) in [6.07, 6.45) is -0.217. The van der Waals surface area contributed by atoms with Gasteiger partial charge in [0.15, 0.2) is 0 Å². The van der Waals surface area contributed by atoms with Gasteiger partial charge in [0.1, 0.15) is 32.7 Å². The van der Waals surface area contributed by atoms with E-state index in [9.17, 15) is 24.6 Å². The molecule has 7 atom stereocenters. The van der Waals surface area contributed by atoms with Crippen LogP contribution < -0.4 is 15.9 Å². The number of phenolic OH excluding ortho intramolecular Hbond substituents is 2. The van der Waals surface area contributed by atoms with Crippen molar-refractivity contribution in [2.75, 3.05) is 21.3 Å². The van der Waals surface area contributed by atoms with Gasteiger partial charge in [-0.15, -0.1) is 0 Å². The van der Waals surface area contributed by atoms with E-state index in [0.717, 1.165) is 10.6 Å². The zero-order valence-corrected chi connectivity index (χ0v) is 32.4. The predicted molar refractivity (Wildman–Crippen MR) is 198 cm³/mol. The number of carbonyl (C=O) groups is 3. The molecule has 0 heterocycles. The predicted octanol–water partition coefficient (Wildman–Crippen LogP) is 5.01. The van der Waals surface area contributed by atoms with Crippen molar-refractivity contribution in [1.29, 1.82) is 0 Å². The molecule has 0 amide bonds. The number of methoxy groups -OCH3 is 3. The fraction of sp³-hybridized carbons (Fsp3) is 0.483. The normalized spacial score (nSPS) is 16.1. The second-order valence-corrected chi connectivity index (χ2v) is 19.0. The molecule has 2 rings (SSSR count). The Kier molecular flexibility index (Phi) is 16.3. The number of ether oxygens (including phenoxy) is 3. The van der Waals surface area contributed by atoms with E-state index in [1.165, 1.54) is 21.3 Å². The lowest BCUT2D eigenvalue weighted by molar-refractivity contribution is -0.155. The van der Waals surface area contributed by atoms with Gasteiger partial charge in [0, 0.05) is 40.9 Å². The fourth-order valence-corrected chi connectivity index (χ4v) is 7.98. The van der Waals surface area contributed by atoms with E-state index in [1.807, 2.05) is 19.9 Å². The van der Waals surface area contributed by atoms with E-state index >= 15 is 0 Å². The smallest absolute Gasteiger partial charge is 0.323 e. The van der Waals surface area contributed by atoms with Crippen LogP contribution in [0.25, 0.3) is 0 Å². The first kappa shape index (κ1) is 40.0. The van der Waals surface area contributed by atoms with Crippen LogP contribution in [0.4, 0.5) is 0 Å². The van der Waals surface area contributed by atoms with Crippen LogP contribution in [0.15, 0.2) is 30.3 Å². The van der Waals surface area contributed by atoms with Gasteiger partial charge >= 0.3 is 17.9 Å². The Labute approximate surface area is 296 Å². The van der Waals surface area contributed by atoms with Crippen LogP contribution in [-0.2, 0) is 28.6 Å². The number of halogens is 2. The van der Waals surface area contributed by atoms with Crippen molar-refractivity contribution in [2.45, 2.75) is 70.7 Å². The minimum Gasteiger partial charge on any atom is -0.508 e. The number of nitrogens with zero attached hydrogens (tertiary/aromatic N) is 1. The second kappa shape index (κ2) is 18.4. The van der Waals surface area contributed by atoms with Crippen LogP contribution in [0.2, 0.25) is 0 Å². The van der Waals surface area contributed by atoms with Crippen molar-refractivity contribution in [3.63, 3.8) is 0 Å². The van der Waals surface area contributed by atoms with E-state index in [0.29, 0.717) is 16.7 Å². The van der Waals surface area contributed by atoms with E-state index in [2.05, 4.69) is 49.4 Å². The molecular weight excluding hydrogens is 842 g/mol. The van der Waals surface area contributed by atoms with Gasteiger partial charge in [0.25, 0.3) is 0 Å². The first-order valence-corrected chi connectivity index (χ1v) is 22.3. The first-order valence-electron chi connectivity index (χ1n) is 13.9. The van der Waals surface area contributed by atoms with Crippen molar-refractivity contribution >= 4 is 98.6 Å². The third-order valence-electron chi connectivity index (χ3n) is 7.58. The molecule has 45 heavy (non-hydrogen) atoms. The number of phenols is 2. The van der Waals surface area contributed by atoms with Gasteiger partial charge in [-0.25, -0.2) is 0 Å². The molecule has 0 spiro atoms. The topological polar surface area (TPSA) is 135 Å². The molecule has 4 radical (unpaired) electrons. The Morgan fingerprint density at radius 1 is 0.822 bits per heavy atom. The molecule has 0 bridgehead atoms. The lowest BCUT2D eigenvalue weighted by Gasteiger charge is -2.40. The van der Waals surface area contributed by atoms with Crippen molar-refractivity contribution in [3.8, 4) is 11.5 Å². The van der Waals surface area contributed by atoms with E-state index < -0.39 is 47.0 Å². The maximum absolute atomic E-state index is 13.3. The summed E-state index contributed by atoms with van der Waals surface area (Å²) in [5, 5.41) is 27.7. The molecule has 242 valence electrons. The van der Waals surface area contributed by atoms with Crippen molar-refractivity contribution in [3.05, 3.63) is 47.0 Å². The van der Waals surface area contributed by atoms with Gasteiger partial charge in [0.05, 0.1) is 34.2 Å². The molecule has 0 aliphatic heterocycles. The molecule has 0 saturated heterocycles. The second-order valence-electron chi connectivity index (χ2n) is 10.5. The molecule has 0 saturated carbocycles. The molecule has 0 fully saturated rings. The van der Waals surface area contributed by atoms with Gasteiger partial charge in [-0.05, 0) is 62.6 Å². The number of benzene rings is 2. The van der Waals surface area contributed by atoms with Crippen LogP contribution in [0, 0.1) is 0 Å². The van der Waals surface area contributed by atoms with Crippen LogP contribution in [0.5, 0.6) is 11.5 Å². The molecule has 2 aromatic carbocycles. The Bertz CT molecular complexity index is 1360. The van der Waals surface area contributed by atoms with Crippen LogP contribution in [0.1, 0.15) is 75.4 Å². The van der Waals surface area contributed by atoms with Gasteiger partial charge in [0.2, 0.25) is 0 Å². The molecule has 0 aromatic heterocycles. The van der Waals surface area contributed by atoms with E-state index in [1.54, 1.807) is 43.0 Å². The summed E-state index contributed by atoms with van der Waals surface area (Å²) < 4.78 is 14.9. The van der Waals surface area contributed by atoms with Crippen LogP contribution >= 0.6 is 55.0 Å². The molecule has 0 aliphatic carbocycles. The summed E-state index contributed by atoms with van der Waals surface area (Å²) in [5.41, 5.74) is -0.716. The van der Waals surface area contributed by atoms with E-state index in [4.69, 9.17) is 29.3 Å². The standard InChI is InChI=1S/C29H38B2I2N2O8P2/c1-15(10-26(37)41-5)34-16(2)21-12-20(45(31)33)13-23(28(21)39)18(4)35(24(29(40)43-7)14-27(38)42-6)17(3)22-11-19(44(30)32)8-9-25(22)36/h8-9,11-13,15-18,24,34,36,39H,10,14H2,1-7H3. The highest BCUT2D eigenvalue weighted by Gasteiger charge is 2.39. The third kappa shape index (κ3) is 10.7. The van der Waals surface area contributed by atoms with E-state index in [-0.39, 0.29) is 36.4 Å². The highest BCUT2D eigenvalue weighted by molar-refractivity contribution is 14.2. The highest BCUT2D eigenvalue weighted by Crippen LogP contribution is 2.46. The Balaban J connectivity index is 2.80. The molecule has 0 aliphatic rings. The average Bonchev–Trinajstić information content (AvgIpc) is 2.99. The minimum atomic E-state index is -1.16. The minimum absolute atomic E-state index is 0.0211. The van der Waals surface area contributed by atoms with Gasteiger partial charge in [-0.3, -0.25) is 19.3 Å². The molecule has 2 aromatic rings. The summed E-state index contributed by atoms with van der Waals surface area (Å²) >= 11 is 4.27. The maximum Gasteiger partial charge on any atom is 0.323 e. The van der Waals surface area contributed by atoms with Crippen molar-refractivity contribution in [1.82, 2.24) is 10.2 Å². The summed E-state index contributed by atoms with van der Waals surface area (Å²) in [4.78, 5) is 39.5. The SMILES string of the molecule is [B]P(I)c1ccc(O)c(C(C)N(C(CC(=O)OC)C(=O)OC)C(C)c2cc(P([B])I)cc(C(C)NC(C)CC(=O)OC)c2O)c1. The van der Waals surface area contributed by atoms with Gasteiger partial charge < -0.3 is 29.7 Å². The number of esters is 3. The largest absolute Gasteiger partial charge is 0.508 e. The lowest BCUT2D eigenvalue weighted by Crippen LogP contribution is -2.46. The van der Waals surface area contributed by atoms with Crippen molar-refractivity contribution in [2.24, 2.45) is 0 Å². The number of rotatable bonds is 15. The first-order chi connectivity index (χ1) is 21.1. The Morgan fingerprint density at radius 2 is 1.33 bits per heavy atom. The maximum atomic E-state index is 13.3. The van der Waals surface area contributed by atoms with Crippen molar-refractivity contribution < 1.29 is 38.8 Å². The summed E-state index contributed by atoms with van der Waals surface area (Å²) in [6.45, 7) is 7.29. The highest BCUT2D eigenvalue weighted by atomic mass is 127. The van der Waals surface area contributed by atoms with Crippen LogP contribution in [0.3, 0.4) is 0 Å². The molecule has 10 nitrogen and oxygen atoms in total. The molecular formula is C29H38B2I2N2O8P2. The number of nitrogens with one attached hydrogen (secondary N) is 1. The molecule has 16 heteroatoms. The zero-order valence-electron chi connectivity index (χ0n) is 26.3.